The molecule has 1 N–H and O–H groups in total. The first-order valence-electron chi connectivity index (χ1n) is 5.67. The van der Waals surface area contributed by atoms with E-state index in [1.165, 1.54) is 0 Å². The van der Waals surface area contributed by atoms with Crippen LogP contribution in [0.15, 0.2) is 18.2 Å². The molecule has 5 heteroatoms. The first-order valence-corrected chi connectivity index (χ1v) is 5.67. The number of benzene rings is 1. The second-order valence-corrected chi connectivity index (χ2v) is 4.36. The zero-order chi connectivity index (χ0) is 12.4. The van der Waals surface area contributed by atoms with Gasteiger partial charge in [0.25, 0.3) is 0 Å². The zero-order valence-electron chi connectivity index (χ0n) is 10.3. The van der Waals surface area contributed by atoms with Gasteiger partial charge in [-0.3, -0.25) is 0 Å². The van der Waals surface area contributed by atoms with Crippen LogP contribution in [0.4, 0.5) is 0 Å². The first-order chi connectivity index (χ1) is 8.19. The Kier molecular flexibility index (Phi) is 3.28. The van der Waals surface area contributed by atoms with Crippen molar-refractivity contribution in [3.63, 3.8) is 0 Å². The van der Waals surface area contributed by atoms with Gasteiger partial charge >= 0.3 is 0 Å². The van der Waals surface area contributed by atoms with Crippen molar-refractivity contribution < 1.29 is 9.84 Å². The van der Waals surface area contributed by atoms with Gasteiger partial charge in [-0.25, -0.2) is 4.68 Å². The van der Waals surface area contributed by atoms with Crippen LogP contribution in [-0.4, -0.2) is 33.8 Å². The van der Waals surface area contributed by atoms with Crippen molar-refractivity contribution in [2.45, 2.75) is 19.9 Å². The van der Waals surface area contributed by atoms with Crippen LogP contribution < -0.4 is 4.74 Å². The minimum Gasteiger partial charge on any atom is -0.494 e. The number of hydrogen-bond donors (Lipinski definition) is 1. The number of rotatable bonds is 4. The summed E-state index contributed by atoms with van der Waals surface area (Å²) in [4.78, 5) is 0. The van der Waals surface area contributed by atoms with Crippen LogP contribution in [0.3, 0.4) is 0 Å². The average Bonchev–Trinajstić information content (AvgIpc) is 2.73. The molecule has 0 saturated carbocycles. The fourth-order valence-corrected chi connectivity index (χ4v) is 1.92. The molecule has 0 fully saturated rings. The van der Waals surface area contributed by atoms with E-state index in [1.807, 2.05) is 18.2 Å². The summed E-state index contributed by atoms with van der Waals surface area (Å²) >= 11 is 0. The van der Waals surface area contributed by atoms with Gasteiger partial charge < -0.3 is 9.84 Å². The quantitative estimate of drug-likeness (QED) is 0.875. The maximum Gasteiger partial charge on any atom is 0.155 e. The molecular weight excluding hydrogens is 218 g/mol. The predicted molar refractivity (Wildman–Crippen MR) is 65.0 cm³/mol. The van der Waals surface area contributed by atoms with Crippen molar-refractivity contribution in [3.8, 4) is 5.75 Å². The SMILES string of the molecule is COc1cccc2c1nnn2C(CO)C(C)C. The van der Waals surface area contributed by atoms with E-state index < -0.39 is 0 Å². The van der Waals surface area contributed by atoms with Gasteiger partial charge in [0, 0.05) is 0 Å². The third-order valence-electron chi connectivity index (χ3n) is 2.96. The Bertz CT molecular complexity index is 507. The van der Waals surface area contributed by atoms with Gasteiger partial charge in [0.15, 0.2) is 5.52 Å². The van der Waals surface area contributed by atoms with Crippen LogP contribution in [0.1, 0.15) is 19.9 Å². The summed E-state index contributed by atoms with van der Waals surface area (Å²) in [5, 5.41) is 17.7. The van der Waals surface area contributed by atoms with E-state index in [0.717, 1.165) is 11.0 Å². The molecule has 1 aromatic carbocycles. The number of hydrogen-bond acceptors (Lipinski definition) is 4. The van der Waals surface area contributed by atoms with Crippen molar-refractivity contribution >= 4 is 11.0 Å². The molecule has 0 aliphatic carbocycles. The Morgan fingerprint density at radius 3 is 2.76 bits per heavy atom. The minimum atomic E-state index is -0.0629. The van der Waals surface area contributed by atoms with Gasteiger partial charge in [-0.15, -0.1) is 5.10 Å². The molecular formula is C12H17N3O2. The van der Waals surface area contributed by atoms with Gasteiger partial charge in [0.1, 0.15) is 5.75 Å². The van der Waals surface area contributed by atoms with E-state index in [1.54, 1.807) is 11.8 Å². The standard InChI is InChI=1S/C12H17N3O2/c1-8(2)10(7-16)15-9-5-4-6-11(17-3)12(9)13-14-15/h4-6,8,10,16H,7H2,1-3H3. The van der Waals surface area contributed by atoms with Crippen LogP contribution >= 0.6 is 0 Å². The van der Waals surface area contributed by atoms with Crippen molar-refractivity contribution in [3.05, 3.63) is 18.2 Å². The molecule has 5 nitrogen and oxygen atoms in total. The van der Waals surface area contributed by atoms with E-state index >= 15 is 0 Å². The van der Waals surface area contributed by atoms with Gasteiger partial charge in [-0.05, 0) is 18.1 Å². The summed E-state index contributed by atoms with van der Waals surface area (Å²) in [6, 6.07) is 5.62. The summed E-state index contributed by atoms with van der Waals surface area (Å²) in [6.07, 6.45) is 0. The van der Waals surface area contributed by atoms with E-state index in [-0.39, 0.29) is 18.6 Å². The molecule has 0 aliphatic rings. The second-order valence-electron chi connectivity index (χ2n) is 4.36. The Labute approximate surface area is 100 Å². The molecule has 2 rings (SSSR count). The fraction of sp³-hybridized carbons (Fsp3) is 0.500. The molecule has 0 radical (unpaired) electrons. The Morgan fingerprint density at radius 1 is 1.41 bits per heavy atom. The van der Waals surface area contributed by atoms with Crippen LogP contribution in [-0.2, 0) is 0 Å². The van der Waals surface area contributed by atoms with Crippen molar-refractivity contribution in [2.75, 3.05) is 13.7 Å². The third-order valence-corrected chi connectivity index (χ3v) is 2.96. The zero-order valence-corrected chi connectivity index (χ0v) is 10.3. The highest BCUT2D eigenvalue weighted by Crippen LogP contribution is 2.26. The Morgan fingerprint density at radius 2 is 2.18 bits per heavy atom. The molecule has 92 valence electrons. The number of aromatic nitrogens is 3. The topological polar surface area (TPSA) is 60.2 Å². The molecule has 1 aromatic heterocycles. The Hall–Kier alpha value is -1.62. The molecule has 0 bridgehead atoms. The second kappa shape index (κ2) is 4.71. The predicted octanol–water partition coefficient (Wildman–Crippen LogP) is 1.63. The highest BCUT2D eigenvalue weighted by molar-refractivity contribution is 5.81. The van der Waals surface area contributed by atoms with Crippen molar-refractivity contribution in [1.29, 1.82) is 0 Å². The smallest absolute Gasteiger partial charge is 0.155 e. The lowest BCUT2D eigenvalue weighted by Gasteiger charge is -2.18. The lowest BCUT2D eigenvalue weighted by molar-refractivity contribution is 0.184. The molecule has 17 heavy (non-hydrogen) atoms. The van der Waals surface area contributed by atoms with E-state index in [0.29, 0.717) is 5.75 Å². The van der Waals surface area contributed by atoms with Crippen LogP contribution in [0, 0.1) is 5.92 Å². The van der Waals surface area contributed by atoms with Crippen LogP contribution in [0.25, 0.3) is 11.0 Å². The number of aliphatic hydroxyl groups excluding tert-OH is 1. The molecule has 2 aromatic rings. The molecule has 0 aliphatic heterocycles. The molecule has 0 spiro atoms. The van der Waals surface area contributed by atoms with Crippen LogP contribution in [0.2, 0.25) is 0 Å². The highest BCUT2D eigenvalue weighted by Gasteiger charge is 2.19. The third kappa shape index (κ3) is 1.98. The number of aliphatic hydroxyl groups is 1. The van der Waals surface area contributed by atoms with Gasteiger partial charge in [-0.2, -0.15) is 0 Å². The highest BCUT2D eigenvalue weighted by atomic mass is 16.5. The van der Waals surface area contributed by atoms with Crippen molar-refractivity contribution in [1.82, 2.24) is 15.0 Å². The fourth-order valence-electron chi connectivity index (χ4n) is 1.92. The molecule has 0 saturated heterocycles. The monoisotopic (exact) mass is 235 g/mol. The number of nitrogens with zero attached hydrogens (tertiary/aromatic N) is 3. The summed E-state index contributed by atoms with van der Waals surface area (Å²) in [7, 11) is 1.61. The molecule has 1 heterocycles. The number of methoxy groups -OCH3 is 1. The largest absolute Gasteiger partial charge is 0.494 e. The average molecular weight is 235 g/mol. The van der Waals surface area contributed by atoms with E-state index in [4.69, 9.17) is 4.74 Å². The Balaban J connectivity index is 2.56. The van der Waals surface area contributed by atoms with Crippen LogP contribution in [0.5, 0.6) is 5.75 Å². The van der Waals surface area contributed by atoms with E-state index in [9.17, 15) is 5.11 Å². The molecule has 0 amide bonds. The summed E-state index contributed by atoms with van der Waals surface area (Å²) in [5.41, 5.74) is 1.62. The van der Waals surface area contributed by atoms with E-state index in [2.05, 4.69) is 24.2 Å². The van der Waals surface area contributed by atoms with Gasteiger partial charge in [0.05, 0.1) is 25.3 Å². The van der Waals surface area contributed by atoms with Gasteiger partial charge in [-0.1, -0.05) is 25.1 Å². The summed E-state index contributed by atoms with van der Waals surface area (Å²) < 4.78 is 7.00. The minimum absolute atomic E-state index is 0.0489. The maximum atomic E-state index is 9.43. The lowest BCUT2D eigenvalue weighted by Crippen LogP contribution is -2.20. The molecule has 1 atom stereocenters. The summed E-state index contributed by atoms with van der Waals surface area (Å²) in [6.45, 7) is 4.15. The number of fused-ring (bicyclic) bond motifs is 1. The maximum absolute atomic E-state index is 9.43. The molecule has 1 unspecified atom stereocenters. The lowest BCUT2D eigenvalue weighted by atomic mass is 10.1. The summed E-state index contributed by atoms with van der Waals surface area (Å²) in [5.74, 6) is 0.991. The normalized spacial score (nSPS) is 13.2. The first kappa shape index (κ1) is 11.9. The van der Waals surface area contributed by atoms with Gasteiger partial charge in [0.2, 0.25) is 0 Å². The number of ether oxygens (including phenoxy) is 1. The van der Waals surface area contributed by atoms with Crippen molar-refractivity contribution in [2.24, 2.45) is 5.92 Å².